The molecule has 5 bridgehead atoms. The molecule has 14 nitrogen and oxygen atoms in total. The molecular formula is C44H57N3O11. The molecule has 0 aliphatic carbocycles. The van der Waals surface area contributed by atoms with E-state index in [0.717, 1.165) is 5.57 Å². The van der Waals surface area contributed by atoms with E-state index >= 15 is 0 Å². The number of benzene rings is 2. The lowest BCUT2D eigenvalue weighted by atomic mass is 9.78. The van der Waals surface area contributed by atoms with Crippen LogP contribution in [0.15, 0.2) is 60.1 Å². The van der Waals surface area contributed by atoms with Crippen molar-refractivity contribution in [3.63, 3.8) is 0 Å². The van der Waals surface area contributed by atoms with Crippen LogP contribution in [0.1, 0.15) is 66.5 Å². The molecule has 0 saturated heterocycles. The molecule has 0 fully saturated rings. The number of allylic oxidation sites excluding steroid dienone is 4. The first-order valence-corrected chi connectivity index (χ1v) is 19.7. The summed E-state index contributed by atoms with van der Waals surface area (Å²) in [4.78, 5) is 28.1. The maximum Gasteiger partial charge on any atom is 0.302 e. The fourth-order valence-electron chi connectivity index (χ4n) is 8.41. The van der Waals surface area contributed by atoms with Crippen molar-refractivity contribution in [3.8, 4) is 17.2 Å². The first kappa shape index (κ1) is 42.6. The molecule has 6 rings (SSSR count). The molecule has 4 aliphatic heterocycles. The lowest BCUT2D eigenvalue weighted by Gasteiger charge is -2.38. The number of aliphatic hydroxyl groups is 2. The molecule has 4 aliphatic rings. The van der Waals surface area contributed by atoms with Crippen LogP contribution < -0.4 is 20.3 Å². The zero-order chi connectivity index (χ0) is 42.4. The predicted molar refractivity (Wildman–Crippen MR) is 220 cm³/mol. The maximum absolute atomic E-state index is 13.9. The predicted octanol–water partition coefficient (Wildman–Crippen LogP) is 6.41. The Morgan fingerprint density at radius 2 is 1.71 bits per heavy atom. The Morgan fingerprint density at radius 3 is 2.40 bits per heavy atom. The minimum atomic E-state index is -1.41. The smallest absolute Gasteiger partial charge is 0.302 e. The van der Waals surface area contributed by atoms with Crippen LogP contribution in [-0.4, -0.2) is 82.4 Å². The van der Waals surface area contributed by atoms with Crippen LogP contribution in [0.2, 0.25) is 0 Å². The van der Waals surface area contributed by atoms with Crippen molar-refractivity contribution in [2.24, 2.45) is 23.7 Å². The van der Waals surface area contributed by atoms with Gasteiger partial charge in [0.1, 0.15) is 36.1 Å². The molecule has 0 radical (unpaired) electrons. The highest BCUT2D eigenvalue weighted by Gasteiger charge is 2.42. The number of hydrogen-bond acceptors (Lipinski definition) is 13. The molecule has 0 saturated carbocycles. The van der Waals surface area contributed by atoms with E-state index in [1.165, 1.54) is 20.3 Å². The molecule has 0 spiro atoms. The van der Waals surface area contributed by atoms with Crippen LogP contribution in [-0.2, 0) is 35.1 Å². The summed E-state index contributed by atoms with van der Waals surface area (Å²) >= 11 is 0. The topological polar surface area (TPSA) is 189 Å². The Morgan fingerprint density at radius 1 is 0.983 bits per heavy atom. The molecule has 10 atom stereocenters. The normalized spacial score (nSPS) is 33.6. The zero-order valence-electron chi connectivity index (χ0n) is 34.8. The number of amides is 1. The number of methoxy groups -OCH3 is 1. The Kier molecular flexibility index (Phi) is 12.3. The number of nitrogens with zero attached hydrogens (tertiary/aromatic N) is 1. The first-order valence-electron chi connectivity index (χ1n) is 19.7. The molecule has 1 unspecified atom stereocenters. The minimum Gasteiger partial charge on any atom is -0.507 e. The van der Waals surface area contributed by atoms with E-state index in [0.29, 0.717) is 39.2 Å². The number of hydrogen-bond donors (Lipinski definition) is 6. The summed E-state index contributed by atoms with van der Waals surface area (Å²) in [6.07, 6.45) is 9.97. The zero-order valence-corrected chi connectivity index (χ0v) is 34.8. The number of nitrogens with one attached hydrogen (secondary N) is 2. The third-order valence-electron chi connectivity index (χ3n) is 11.9. The van der Waals surface area contributed by atoms with Gasteiger partial charge >= 0.3 is 5.97 Å². The van der Waals surface area contributed by atoms with Gasteiger partial charge in [-0.3, -0.25) is 9.59 Å². The van der Waals surface area contributed by atoms with Gasteiger partial charge in [-0.25, -0.2) is 0 Å². The van der Waals surface area contributed by atoms with Gasteiger partial charge in [0.25, 0.3) is 11.7 Å². The number of aromatic hydroxyl groups is 2. The van der Waals surface area contributed by atoms with E-state index in [1.807, 2.05) is 37.1 Å². The number of phenols is 2. The lowest BCUT2D eigenvalue weighted by molar-refractivity contribution is -0.165. The van der Waals surface area contributed by atoms with Gasteiger partial charge in [-0.2, -0.15) is 0 Å². The second-order valence-electron chi connectivity index (χ2n) is 16.3. The summed E-state index contributed by atoms with van der Waals surface area (Å²) in [5.41, 5.74) is 3.32. The first-order chi connectivity index (χ1) is 27.4. The van der Waals surface area contributed by atoms with Crippen molar-refractivity contribution >= 4 is 39.7 Å². The molecular weight excluding hydrogens is 746 g/mol. The second kappa shape index (κ2) is 16.7. The summed E-state index contributed by atoms with van der Waals surface area (Å²) in [6.45, 7) is 15.4. The number of anilines is 3. The van der Waals surface area contributed by atoms with E-state index in [1.54, 1.807) is 65.8 Å². The van der Waals surface area contributed by atoms with Gasteiger partial charge in [-0.15, -0.1) is 0 Å². The fraction of sp³-hybridized carbons (Fsp3) is 0.500. The summed E-state index contributed by atoms with van der Waals surface area (Å²) in [6, 6.07) is 0. The highest BCUT2D eigenvalue weighted by Crippen LogP contribution is 2.58. The minimum absolute atomic E-state index is 0.0337. The van der Waals surface area contributed by atoms with E-state index < -0.39 is 65.8 Å². The van der Waals surface area contributed by atoms with Crippen molar-refractivity contribution < 1.29 is 53.7 Å². The third kappa shape index (κ3) is 7.90. The number of fused-ring (bicyclic) bond motifs is 2. The average Bonchev–Trinajstić information content (AvgIpc) is 3.46. The molecule has 4 heterocycles. The van der Waals surface area contributed by atoms with Gasteiger partial charge in [0, 0.05) is 72.9 Å². The van der Waals surface area contributed by atoms with Crippen molar-refractivity contribution in [2.75, 3.05) is 29.3 Å². The van der Waals surface area contributed by atoms with Crippen LogP contribution in [0.3, 0.4) is 0 Å². The van der Waals surface area contributed by atoms with E-state index in [9.17, 15) is 30.0 Å². The number of carbonyl (C=O) groups excluding carboxylic acids is 2. The van der Waals surface area contributed by atoms with Crippen LogP contribution in [0.25, 0.3) is 10.8 Å². The van der Waals surface area contributed by atoms with E-state index in [-0.39, 0.29) is 42.0 Å². The highest BCUT2D eigenvalue weighted by atomic mass is 16.7. The van der Waals surface area contributed by atoms with Crippen LogP contribution in [0, 0.1) is 30.6 Å². The molecule has 2 aromatic carbocycles. The molecule has 1 amide bonds. The summed E-state index contributed by atoms with van der Waals surface area (Å²) in [5, 5.41) is 54.0. The maximum atomic E-state index is 13.9. The Bertz CT molecular complexity index is 2110. The van der Waals surface area contributed by atoms with E-state index in [4.69, 9.17) is 23.7 Å². The Balaban J connectivity index is 1.52. The number of rotatable bonds is 2. The van der Waals surface area contributed by atoms with Crippen molar-refractivity contribution in [1.29, 1.82) is 0 Å². The summed E-state index contributed by atoms with van der Waals surface area (Å²) < 4.78 is 30.7. The number of ether oxygens (including phenoxy) is 5. The SMILES string of the molecule is CO[C@H]1/C=C/O[C@]2(C)COCc3c(c(C)c(O)c4c(O)c(c5c(c34)NC3C=C(C)C=CN53)NC(=O)/C(C)=C\C=C\[C@H](C)[C@H](O)[C@@H](C)[C@@H](O)[C@@H](C)[C@H](OC(C)=O)[C@@H]1C)O2. The van der Waals surface area contributed by atoms with Crippen LogP contribution in [0.4, 0.5) is 17.1 Å². The van der Waals surface area contributed by atoms with E-state index in [2.05, 4.69) is 10.6 Å². The lowest BCUT2D eigenvalue weighted by Crippen LogP contribution is -2.46. The standard InChI is InChI=1S/C44H57N3O11/c1-21-14-16-47-31(18-21)45-34-32-29-19-55-20-44(9)56-17-15-30(54-10)24(4)41(57-28(8)48)26(6)38(50)25(5)37(49)22(2)12-11-13-23(3)43(53)46-35(36(34)47)40(52)33(32)39(51)27(7)42(29)58-44/h11-18,22,24-26,30-31,37-38,41,45,49-52H,19-20H2,1-10H3,(H,46,53)/b12-11+,17-15+,23-13-/t22-,24+,25+,26+,30-,31?,37-,38+,41+,44-/m0/s1. The molecule has 2 aromatic rings. The third-order valence-corrected chi connectivity index (χ3v) is 11.9. The van der Waals surface area contributed by atoms with Gasteiger partial charge in [-0.1, -0.05) is 45.9 Å². The molecule has 314 valence electrons. The highest BCUT2D eigenvalue weighted by molar-refractivity contribution is 6.19. The second-order valence-corrected chi connectivity index (χ2v) is 16.3. The van der Waals surface area contributed by atoms with Crippen molar-refractivity contribution in [1.82, 2.24) is 0 Å². The Labute approximate surface area is 339 Å². The van der Waals surface area contributed by atoms with Gasteiger partial charge in [-0.05, 0) is 44.6 Å². The van der Waals surface area contributed by atoms with Gasteiger partial charge in [0.05, 0.1) is 47.9 Å². The Hall–Kier alpha value is -5.02. The molecule has 14 heteroatoms. The number of esters is 1. The summed E-state index contributed by atoms with van der Waals surface area (Å²) in [7, 11) is 1.52. The number of phenolic OH excluding ortho intramolecular Hbond substituents is 2. The monoisotopic (exact) mass is 803 g/mol. The molecule has 6 N–H and O–H groups in total. The van der Waals surface area contributed by atoms with Gasteiger partial charge < -0.3 is 59.6 Å². The fourth-order valence-corrected chi connectivity index (χ4v) is 8.41. The van der Waals surface area contributed by atoms with Crippen molar-refractivity contribution in [3.05, 3.63) is 71.2 Å². The number of carbonyl (C=O) groups is 2. The largest absolute Gasteiger partial charge is 0.507 e. The van der Waals surface area contributed by atoms with Crippen LogP contribution in [0.5, 0.6) is 17.2 Å². The quantitative estimate of drug-likeness (QED) is 0.111. The van der Waals surface area contributed by atoms with Gasteiger partial charge in [0.2, 0.25) is 0 Å². The number of aliphatic hydroxyl groups excluding tert-OH is 2. The van der Waals surface area contributed by atoms with Crippen LogP contribution >= 0.6 is 0 Å². The van der Waals surface area contributed by atoms with Crippen molar-refractivity contribution in [2.45, 2.75) is 105 Å². The molecule has 0 aromatic heterocycles. The average molecular weight is 804 g/mol. The molecule has 58 heavy (non-hydrogen) atoms. The van der Waals surface area contributed by atoms with Gasteiger partial charge in [0.15, 0.2) is 5.75 Å². The summed E-state index contributed by atoms with van der Waals surface area (Å²) in [5.74, 6) is -4.93.